The molecule has 1 heterocycles. The van der Waals surface area contributed by atoms with Crippen molar-refractivity contribution in [3.63, 3.8) is 0 Å². The number of likely N-dealkylation sites (N-methyl/N-ethyl adjacent to an activating group) is 1. The summed E-state index contributed by atoms with van der Waals surface area (Å²) in [5, 5.41) is 9.25. The normalized spacial score (nSPS) is 32.1. The van der Waals surface area contributed by atoms with Crippen LogP contribution in [0.5, 0.6) is 0 Å². The van der Waals surface area contributed by atoms with E-state index < -0.39 is 0 Å². The summed E-state index contributed by atoms with van der Waals surface area (Å²) in [4.78, 5) is 5.15. The Kier molecular flexibility index (Phi) is 4.11. The van der Waals surface area contributed by atoms with Gasteiger partial charge < -0.3 is 5.11 Å². The summed E-state index contributed by atoms with van der Waals surface area (Å²) < 4.78 is 0. The van der Waals surface area contributed by atoms with E-state index in [1.54, 1.807) is 0 Å². The minimum absolute atomic E-state index is 0.272. The van der Waals surface area contributed by atoms with Crippen molar-refractivity contribution in [2.24, 2.45) is 0 Å². The van der Waals surface area contributed by atoms with E-state index in [2.05, 4.69) is 30.7 Å². The lowest BCUT2D eigenvalue weighted by Crippen LogP contribution is -2.64. The highest BCUT2D eigenvalue weighted by Gasteiger charge is 2.39. The van der Waals surface area contributed by atoms with Crippen LogP contribution in [0.25, 0.3) is 0 Å². The highest BCUT2D eigenvalue weighted by Crippen LogP contribution is 2.32. The van der Waals surface area contributed by atoms with Gasteiger partial charge in [-0.1, -0.05) is 12.8 Å². The molecule has 0 radical (unpaired) electrons. The Hall–Kier alpha value is -0.120. The van der Waals surface area contributed by atoms with Crippen molar-refractivity contribution in [2.45, 2.75) is 63.6 Å². The first-order valence-electron chi connectivity index (χ1n) is 7.12. The third kappa shape index (κ3) is 2.83. The zero-order valence-corrected chi connectivity index (χ0v) is 11.7. The standard InChI is InChI=1S/C14H28N2O/c1-14(2)11-16(12-6-4-5-7-12)13(8-9-17)10-15(14)3/h12-13,17H,4-11H2,1-3H3. The molecular formula is C14H28N2O. The summed E-state index contributed by atoms with van der Waals surface area (Å²) in [5.41, 5.74) is 0.272. The largest absolute Gasteiger partial charge is 0.396 e. The Labute approximate surface area is 106 Å². The fourth-order valence-electron chi connectivity index (χ4n) is 3.43. The van der Waals surface area contributed by atoms with Gasteiger partial charge in [-0.05, 0) is 40.2 Å². The predicted molar refractivity (Wildman–Crippen MR) is 71.2 cm³/mol. The monoisotopic (exact) mass is 240 g/mol. The first kappa shape index (κ1) is 13.3. The van der Waals surface area contributed by atoms with Crippen molar-refractivity contribution in [2.75, 3.05) is 26.7 Å². The SMILES string of the molecule is CN1CC(CCO)N(C2CCCC2)CC1(C)C. The number of rotatable bonds is 3. The molecule has 1 atom stereocenters. The van der Waals surface area contributed by atoms with Gasteiger partial charge in [-0.3, -0.25) is 9.80 Å². The number of aliphatic hydroxyl groups is 1. The van der Waals surface area contributed by atoms with Crippen LogP contribution in [-0.2, 0) is 0 Å². The molecule has 2 aliphatic rings. The van der Waals surface area contributed by atoms with E-state index in [1.165, 1.54) is 25.7 Å². The van der Waals surface area contributed by atoms with Gasteiger partial charge in [-0.2, -0.15) is 0 Å². The van der Waals surface area contributed by atoms with Crippen LogP contribution in [0.1, 0.15) is 46.0 Å². The van der Waals surface area contributed by atoms with E-state index in [9.17, 15) is 5.11 Å². The van der Waals surface area contributed by atoms with Crippen LogP contribution in [0.15, 0.2) is 0 Å². The third-order valence-electron chi connectivity index (χ3n) is 4.81. The molecule has 0 aromatic rings. The van der Waals surface area contributed by atoms with Gasteiger partial charge >= 0.3 is 0 Å². The molecule has 1 aliphatic heterocycles. The summed E-state index contributed by atoms with van der Waals surface area (Å²) in [7, 11) is 2.22. The van der Waals surface area contributed by atoms with Gasteiger partial charge in [0.1, 0.15) is 0 Å². The lowest BCUT2D eigenvalue weighted by molar-refractivity contribution is -0.0305. The van der Waals surface area contributed by atoms with E-state index in [-0.39, 0.29) is 5.54 Å². The number of hydrogen-bond donors (Lipinski definition) is 1. The second kappa shape index (κ2) is 5.25. The van der Waals surface area contributed by atoms with Crippen molar-refractivity contribution in [3.8, 4) is 0 Å². The molecule has 0 amide bonds. The lowest BCUT2D eigenvalue weighted by Gasteiger charge is -2.52. The van der Waals surface area contributed by atoms with E-state index >= 15 is 0 Å². The number of nitrogens with zero attached hydrogens (tertiary/aromatic N) is 2. The van der Waals surface area contributed by atoms with E-state index in [4.69, 9.17) is 0 Å². The maximum absolute atomic E-state index is 9.25. The van der Waals surface area contributed by atoms with Crippen LogP contribution in [0.2, 0.25) is 0 Å². The molecule has 3 heteroatoms. The summed E-state index contributed by atoms with van der Waals surface area (Å²) in [5.74, 6) is 0. The van der Waals surface area contributed by atoms with Gasteiger partial charge in [0.05, 0.1) is 0 Å². The molecule has 1 aliphatic carbocycles. The summed E-state index contributed by atoms with van der Waals surface area (Å²) in [6.45, 7) is 7.25. The second-order valence-electron chi connectivity index (χ2n) is 6.47. The third-order valence-corrected chi connectivity index (χ3v) is 4.81. The van der Waals surface area contributed by atoms with Crippen molar-refractivity contribution in [1.82, 2.24) is 9.80 Å². The van der Waals surface area contributed by atoms with Gasteiger partial charge in [0.25, 0.3) is 0 Å². The summed E-state index contributed by atoms with van der Waals surface area (Å²) >= 11 is 0. The van der Waals surface area contributed by atoms with Crippen molar-refractivity contribution in [1.29, 1.82) is 0 Å². The van der Waals surface area contributed by atoms with Gasteiger partial charge in [0, 0.05) is 37.3 Å². The second-order valence-corrected chi connectivity index (χ2v) is 6.47. The molecule has 3 nitrogen and oxygen atoms in total. The molecular weight excluding hydrogens is 212 g/mol. The zero-order chi connectivity index (χ0) is 12.5. The minimum atomic E-state index is 0.272. The van der Waals surface area contributed by atoms with Crippen LogP contribution < -0.4 is 0 Å². The molecule has 2 fully saturated rings. The maximum Gasteiger partial charge on any atom is 0.0446 e. The Bertz CT molecular complexity index is 249. The van der Waals surface area contributed by atoms with Crippen molar-refractivity contribution in [3.05, 3.63) is 0 Å². The van der Waals surface area contributed by atoms with Gasteiger partial charge in [0.15, 0.2) is 0 Å². The van der Waals surface area contributed by atoms with E-state index in [1.807, 2.05) is 0 Å². The Morgan fingerprint density at radius 1 is 1.24 bits per heavy atom. The molecule has 17 heavy (non-hydrogen) atoms. The molecule has 1 saturated heterocycles. The molecule has 100 valence electrons. The van der Waals surface area contributed by atoms with Crippen LogP contribution >= 0.6 is 0 Å². The fourth-order valence-corrected chi connectivity index (χ4v) is 3.43. The number of piperazine rings is 1. The topological polar surface area (TPSA) is 26.7 Å². The van der Waals surface area contributed by atoms with Crippen LogP contribution in [-0.4, -0.2) is 59.3 Å². The zero-order valence-electron chi connectivity index (χ0n) is 11.7. The van der Waals surface area contributed by atoms with Gasteiger partial charge in [0.2, 0.25) is 0 Å². The summed E-state index contributed by atoms with van der Waals surface area (Å²) in [6.07, 6.45) is 6.44. The van der Waals surface area contributed by atoms with Crippen molar-refractivity contribution >= 4 is 0 Å². The van der Waals surface area contributed by atoms with E-state index in [0.717, 1.165) is 25.6 Å². The van der Waals surface area contributed by atoms with Crippen LogP contribution in [0.4, 0.5) is 0 Å². The number of hydrogen-bond acceptors (Lipinski definition) is 3. The molecule has 0 aromatic heterocycles. The first-order valence-corrected chi connectivity index (χ1v) is 7.12. The molecule has 2 rings (SSSR count). The van der Waals surface area contributed by atoms with Gasteiger partial charge in [-0.25, -0.2) is 0 Å². The molecule has 1 N–H and O–H groups in total. The van der Waals surface area contributed by atoms with E-state index in [0.29, 0.717) is 12.6 Å². The smallest absolute Gasteiger partial charge is 0.0446 e. The predicted octanol–water partition coefficient (Wildman–Crippen LogP) is 1.71. The lowest BCUT2D eigenvalue weighted by atomic mass is 9.93. The molecule has 1 saturated carbocycles. The quantitative estimate of drug-likeness (QED) is 0.813. The number of aliphatic hydroxyl groups excluding tert-OH is 1. The Morgan fingerprint density at radius 2 is 1.88 bits per heavy atom. The fraction of sp³-hybridized carbons (Fsp3) is 1.00. The maximum atomic E-state index is 9.25. The van der Waals surface area contributed by atoms with Crippen molar-refractivity contribution < 1.29 is 5.11 Å². The first-order chi connectivity index (χ1) is 8.04. The summed E-state index contributed by atoms with van der Waals surface area (Å²) in [6, 6.07) is 1.33. The van der Waals surface area contributed by atoms with Crippen LogP contribution in [0, 0.1) is 0 Å². The Balaban J connectivity index is 2.07. The average molecular weight is 240 g/mol. The minimum Gasteiger partial charge on any atom is -0.396 e. The Morgan fingerprint density at radius 3 is 2.47 bits per heavy atom. The van der Waals surface area contributed by atoms with Crippen LogP contribution in [0.3, 0.4) is 0 Å². The highest BCUT2D eigenvalue weighted by molar-refractivity contribution is 4.96. The molecule has 0 aromatic carbocycles. The molecule has 1 unspecified atom stereocenters. The average Bonchev–Trinajstić information content (AvgIpc) is 2.77. The molecule has 0 bridgehead atoms. The molecule has 0 spiro atoms. The highest BCUT2D eigenvalue weighted by atomic mass is 16.3. The van der Waals surface area contributed by atoms with Gasteiger partial charge in [-0.15, -0.1) is 0 Å².